The van der Waals surface area contributed by atoms with Gasteiger partial charge < -0.3 is 10.6 Å². The number of nitrogens with zero attached hydrogens (tertiary/aromatic N) is 2. The summed E-state index contributed by atoms with van der Waals surface area (Å²) in [6.45, 7) is 0. The van der Waals surface area contributed by atoms with E-state index in [4.69, 9.17) is 22.7 Å². The summed E-state index contributed by atoms with van der Waals surface area (Å²) in [5, 5.41) is 8.17. The fourth-order valence-corrected chi connectivity index (χ4v) is 1.80. The number of amidine groups is 1. The van der Waals surface area contributed by atoms with Gasteiger partial charge in [-0.15, -0.1) is 0 Å². The number of para-hydroxylation sites is 1. The smallest absolute Gasteiger partial charge is 0.132 e. The predicted molar refractivity (Wildman–Crippen MR) is 74.8 cm³/mol. The van der Waals surface area contributed by atoms with Crippen molar-refractivity contribution in [3.05, 3.63) is 53.2 Å². The molecule has 0 aliphatic rings. The second-order valence-corrected chi connectivity index (χ2v) is 4.26. The summed E-state index contributed by atoms with van der Waals surface area (Å²) in [6, 6.07) is 11.0. The highest BCUT2D eigenvalue weighted by Gasteiger charge is 2.11. The minimum atomic E-state index is 0.0337. The Morgan fingerprint density at radius 2 is 2.00 bits per heavy atom. The van der Waals surface area contributed by atoms with E-state index < -0.39 is 0 Å². The summed E-state index contributed by atoms with van der Waals surface area (Å²) >= 11 is 5.81. The zero-order chi connectivity index (χ0) is 13.1. The maximum absolute atomic E-state index is 7.58. The standard InChI is InChI=1S/C13H13ClN4/c1-18(12-7-6-9(14)8-17-12)11-5-3-2-4-10(11)13(15)16/h2-8H,1H3,(H3,15,16). The first-order valence-electron chi connectivity index (χ1n) is 5.38. The number of pyridine rings is 1. The van der Waals surface area contributed by atoms with Gasteiger partial charge in [0, 0.05) is 18.8 Å². The van der Waals surface area contributed by atoms with Crippen molar-refractivity contribution < 1.29 is 0 Å². The van der Waals surface area contributed by atoms with Crippen LogP contribution in [0.2, 0.25) is 5.02 Å². The van der Waals surface area contributed by atoms with Crippen molar-refractivity contribution in [2.24, 2.45) is 5.73 Å². The van der Waals surface area contributed by atoms with Gasteiger partial charge in [-0.05, 0) is 24.3 Å². The first kappa shape index (κ1) is 12.4. The van der Waals surface area contributed by atoms with Crippen molar-refractivity contribution in [3.8, 4) is 0 Å². The van der Waals surface area contributed by atoms with Gasteiger partial charge in [0.25, 0.3) is 0 Å². The van der Waals surface area contributed by atoms with Gasteiger partial charge >= 0.3 is 0 Å². The van der Waals surface area contributed by atoms with Crippen LogP contribution in [0.25, 0.3) is 0 Å². The Bertz CT molecular complexity index is 565. The number of aromatic nitrogens is 1. The molecule has 0 saturated carbocycles. The quantitative estimate of drug-likeness (QED) is 0.659. The van der Waals surface area contributed by atoms with Crippen LogP contribution in [0.3, 0.4) is 0 Å². The Labute approximate surface area is 111 Å². The van der Waals surface area contributed by atoms with Crippen molar-refractivity contribution in [1.29, 1.82) is 5.41 Å². The lowest BCUT2D eigenvalue weighted by Crippen LogP contribution is -2.19. The topological polar surface area (TPSA) is 66.0 Å². The third-order valence-electron chi connectivity index (χ3n) is 2.61. The van der Waals surface area contributed by atoms with Gasteiger partial charge in [0.05, 0.1) is 10.7 Å². The van der Waals surface area contributed by atoms with Gasteiger partial charge in [-0.25, -0.2) is 4.98 Å². The molecule has 1 aromatic heterocycles. The number of hydrogen-bond acceptors (Lipinski definition) is 3. The van der Waals surface area contributed by atoms with E-state index in [9.17, 15) is 0 Å². The molecule has 1 aromatic carbocycles. The lowest BCUT2D eigenvalue weighted by atomic mass is 10.1. The van der Waals surface area contributed by atoms with Crippen LogP contribution in [0, 0.1) is 5.41 Å². The Balaban J connectivity index is 2.42. The summed E-state index contributed by atoms with van der Waals surface area (Å²) < 4.78 is 0. The van der Waals surface area contributed by atoms with E-state index >= 15 is 0 Å². The van der Waals surface area contributed by atoms with Crippen LogP contribution in [0.1, 0.15) is 5.56 Å². The molecule has 0 spiro atoms. The number of anilines is 2. The molecule has 0 aliphatic carbocycles. The molecule has 0 unspecified atom stereocenters. The van der Waals surface area contributed by atoms with Crippen LogP contribution >= 0.6 is 11.6 Å². The van der Waals surface area contributed by atoms with Crippen LogP contribution in [0.5, 0.6) is 0 Å². The summed E-state index contributed by atoms with van der Waals surface area (Å²) in [4.78, 5) is 6.11. The average Bonchev–Trinajstić information content (AvgIpc) is 2.39. The first-order valence-corrected chi connectivity index (χ1v) is 5.76. The fourth-order valence-electron chi connectivity index (χ4n) is 1.68. The molecule has 0 aliphatic heterocycles. The molecule has 5 heteroatoms. The van der Waals surface area contributed by atoms with Gasteiger partial charge in [-0.2, -0.15) is 0 Å². The molecule has 92 valence electrons. The summed E-state index contributed by atoms with van der Waals surface area (Å²) in [7, 11) is 1.87. The molecule has 4 nitrogen and oxygen atoms in total. The van der Waals surface area contributed by atoms with Crippen LogP contribution in [0.15, 0.2) is 42.6 Å². The van der Waals surface area contributed by atoms with Gasteiger partial charge in [-0.1, -0.05) is 23.7 Å². The molecule has 1 heterocycles. The predicted octanol–water partition coefficient (Wildman–Crippen LogP) is 2.79. The largest absolute Gasteiger partial charge is 0.384 e. The van der Waals surface area contributed by atoms with E-state index in [1.165, 1.54) is 0 Å². The van der Waals surface area contributed by atoms with Gasteiger partial charge in [0.1, 0.15) is 11.7 Å². The number of nitrogen functional groups attached to an aromatic ring is 1. The van der Waals surface area contributed by atoms with Crippen molar-refractivity contribution in [2.75, 3.05) is 11.9 Å². The van der Waals surface area contributed by atoms with Crippen molar-refractivity contribution in [3.63, 3.8) is 0 Å². The van der Waals surface area contributed by atoms with E-state index in [0.29, 0.717) is 10.6 Å². The maximum Gasteiger partial charge on any atom is 0.132 e. The Kier molecular flexibility index (Phi) is 3.48. The fraction of sp³-hybridized carbons (Fsp3) is 0.0769. The number of benzene rings is 1. The number of nitrogens with two attached hydrogens (primary N) is 1. The lowest BCUT2D eigenvalue weighted by molar-refractivity contribution is 1.12. The third kappa shape index (κ3) is 2.43. The molecule has 0 fully saturated rings. The molecule has 0 saturated heterocycles. The molecule has 2 aromatic rings. The van der Waals surface area contributed by atoms with Gasteiger partial charge in [0.2, 0.25) is 0 Å². The molecule has 0 atom stereocenters. The number of halogens is 1. The van der Waals surface area contributed by atoms with Crippen LogP contribution in [-0.2, 0) is 0 Å². The van der Waals surface area contributed by atoms with E-state index in [1.807, 2.05) is 42.3 Å². The average molecular weight is 261 g/mol. The highest BCUT2D eigenvalue weighted by Crippen LogP contribution is 2.25. The first-order chi connectivity index (χ1) is 8.59. The highest BCUT2D eigenvalue weighted by atomic mass is 35.5. The second-order valence-electron chi connectivity index (χ2n) is 3.82. The lowest BCUT2D eigenvalue weighted by Gasteiger charge is -2.21. The van der Waals surface area contributed by atoms with E-state index in [0.717, 1.165) is 11.5 Å². The monoisotopic (exact) mass is 260 g/mol. The third-order valence-corrected chi connectivity index (χ3v) is 2.83. The Morgan fingerprint density at radius 3 is 2.61 bits per heavy atom. The van der Waals surface area contributed by atoms with Crippen molar-refractivity contribution in [2.45, 2.75) is 0 Å². The second kappa shape index (κ2) is 5.06. The molecule has 2 rings (SSSR count). The zero-order valence-corrected chi connectivity index (χ0v) is 10.6. The SMILES string of the molecule is CN(c1ccc(Cl)cn1)c1ccccc1C(=N)N. The van der Waals surface area contributed by atoms with E-state index in [-0.39, 0.29) is 5.84 Å². The summed E-state index contributed by atoms with van der Waals surface area (Å²) in [5.74, 6) is 0.777. The van der Waals surface area contributed by atoms with Crippen LogP contribution in [0.4, 0.5) is 11.5 Å². The molecule has 0 bridgehead atoms. The van der Waals surface area contributed by atoms with Gasteiger partial charge in [0.15, 0.2) is 0 Å². The Morgan fingerprint density at radius 1 is 1.28 bits per heavy atom. The molecule has 3 N–H and O–H groups in total. The highest BCUT2D eigenvalue weighted by molar-refractivity contribution is 6.30. The van der Waals surface area contributed by atoms with Crippen LogP contribution in [-0.4, -0.2) is 17.9 Å². The Hall–Kier alpha value is -2.07. The number of hydrogen-bond donors (Lipinski definition) is 2. The van der Waals surface area contributed by atoms with Gasteiger partial charge in [-0.3, -0.25) is 5.41 Å². The normalized spacial score (nSPS) is 10.1. The van der Waals surface area contributed by atoms with Crippen molar-refractivity contribution in [1.82, 2.24) is 4.98 Å². The molecule has 18 heavy (non-hydrogen) atoms. The summed E-state index contributed by atoms with van der Waals surface area (Å²) in [5.41, 5.74) is 7.08. The molecular formula is C13H13ClN4. The zero-order valence-electron chi connectivity index (χ0n) is 9.89. The summed E-state index contributed by atoms with van der Waals surface area (Å²) in [6.07, 6.45) is 1.59. The number of rotatable bonds is 3. The van der Waals surface area contributed by atoms with E-state index in [2.05, 4.69) is 4.98 Å². The minimum absolute atomic E-state index is 0.0337. The minimum Gasteiger partial charge on any atom is -0.384 e. The molecule has 0 radical (unpaired) electrons. The number of nitrogens with one attached hydrogen (secondary N) is 1. The van der Waals surface area contributed by atoms with Crippen LogP contribution < -0.4 is 10.6 Å². The van der Waals surface area contributed by atoms with Crippen molar-refractivity contribution >= 4 is 28.9 Å². The molecular weight excluding hydrogens is 248 g/mol. The maximum atomic E-state index is 7.58. The molecule has 0 amide bonds. The van der Waals surface area contributed by atoms with E-state index in [1.54, 1.807) is 12.3 Å².